The lowest BCUT2D eigenvalue weighted by molar-refractivity contribution is 0.414. The van der Waals surface area contributed by atoms with E-state index in [1.165, 1.54) is 0 Å². The van der Waals surface area contributed by atoms with Gasteiger partial charge in [-0.25, -0.2) is 4.79 Å². The monoisotopic (exact) mass is 300 g/mol. The lowest BCUT2D eigenvalue weighted by Crippen LogP contribution is -2.20. The third kappa shape index (κ3) is 1.87. The Bertz CT molecular complexity index is 592. The first-order valence-electron chi connectivity index (χ1n) is 4.62. The molecule has 0 spiro atoms. The van der Waals surface area contributed by atoms with Gasteiger partial charge in [-0.1, -0.05) is 25.2 Å². The first-order valence-corrected chi connectivity index (χ1v) is 6.32. The summed E-state index contributed by atoms with van der Waals surface area (Å²) in [4.78, 5) is 11.6. The summed E-state index contributed by atoms with van der Waals surface area (Å²) in [5.74, 6) is 0.674. The summed E-state index contributed by atoms with van der Waals surface area (Å²) in [6.07, 6.45) is 0. The molecule has 0 radical (unpaired) electrons. The van der Waals surface area contributed by atoms with Crippen LogP contribution in [0.25, 0.3) is 11.0 Å². The van der Waals surface area contributed by atoms with Crippen LogP contribution in [0.3, 0.4) is 0 Å². The Labute approximate surface area is 103 Å². The van der Waals surface area contributed by atoms with Crippen molar-refractivity contribution in [3.05, 3.63) is 34.2 Å². The molecule has 5 heteroatoms. The third-order valence-electron chi connectivity index (χ3n) is 2.40. The molecule has 2 aromatic rings. The second-order valence-electron chi connectivity index (χ2n) is 3.28. The maximum atomic E-state index is 11.6. The molecule has 0 aliphatic carbocycles. The van der Waals surface area contributed by atoms with Gasteiger partial charge in [0.25, 0.3) is 0 Å². The van der Waals surface area contributed by atoms with Gasteiger partial charge < -0.3 is 9.15 Å². The normalized spacial score (nSPS) is 10.7. The zero-order valence-corrected chi connectivity index (χ0v) is 11.4. The lowest BCUT2D eigenvalue weighted by atomic mass is 10.1. The first kappa shape index (κ1) is 11.6. The highest BCUT2D eigenvalue weighted by Crippen LogP contribution is 2.23. The van der Waals surface area contributed by atoms with E-state index in [1.807, 2.05) is 12.1 Å². The average molecular weight is 301 g/mol. The van der Waals surface area contributed by atoms with Crippen LogP contribution in [-0.4, -0.2) is 7.11 Å². The molecule has 16 heavy (non-hydrogen) atoms. The minimum absolute atomic E-state index is 0.333. The summed E-state index contributed by atoms with van der Waals surface area (Å²) in [6.45, 7) is 0. The van der Waals surface area contributed by atoms with Crippen LogP contribution in [0.2, 0.25) is 0 Å². The molecular formula is C11H10BrO3P. The van der Waals surface area contributed by atoms with Crippen LogP contribution in [0, 0.1) is 0 Å². The molecule has 0 amide bonds. The van der Waals surface area contributed by atoms with E-state index < -0.39 is 0 Å². The molecule has 84 valence electrons. The van der Waals surface area contributed by atoms with E-state index in [2.05, 4.69) is 25.2 Å². The molecule has 0 N–H and O–H groups in total. The summed E-state index contributed by atoms with van der Waals surface area (Å²) >= 11 is 3.37. The highest BCUT2D eigenvalue weighted by Gasteiger charge is 2.10. The number of fused-ring (bicyclic) bond motifs is 1. The Kier molecular flexibility index (Phi) is 3.31. The molecule has 2 rings (SSSR count). The summed E-state index contributed by atoms with van der Waals surface area (Å²) in [7, 11) is 4.00. The molecule has 0 aliphatic heterocycles. The van der Waals surface area contributed by atoms with Crippen molar-refractivity contribution in [2.45, 2.75) is 5.33 Å². The van der Waals surface area contributed by atoms with Crippen LogP contribution in [0.4, 0.5) is 0 Å². The number of ether oxygens (including phenoxy) is 1. The van der Waals surface area contributed by atoms with E-state index in [1.54, 1.807) is 13.2 Å². The van der Waals surface area contributed by atoms with Crippen molar-refractivity contribution in [3.63, 3.8) is 0 Å². The number of halogens is 1. The Hall–Kier alpha value is -0.860. The number of methoxy groups -OCH3 is 1. The van der Waals surface area contributed by atoms with Gasteiger partial charge in [-0.15, -0.1) is 0 Å². The van der Waals surface area contributed by atoms with Crippen molar-refractivity contribution < 1.29 is 9.15 Å². The van der Waals surface area contributed by atoms with Crippen molar-refractivity contribution in [1.29, 1.82) is 0 Å². The lowest BCUT2D eigenvalue weighted by Gasteiger charge is -2.06. The molecule has 0 fully saturated rings. The van der Waals surface area contributed by atoms with Crippen LogP contribution >= 0.6 is 25.2 Å². The highest BCUT2D eigenvalue weighted by molar-refractivity contribution is 9.08. The molecule has 1 aromatic heterocycles. The van der Waals surface area contributed by atoms with Gasteiger partial charge in [-0.3, -0.25) is 0 Å². The molecule has 3 nitrogen and oxygen atoms in total. The van der Waals surface area contributed by atoms with Gasteiger partial charge in [0.2, 0.25) is 0 Å². The van der Waals surface area contributed by atoms with Gasteiger partial charge in [-0.2, -0.15) is 0 Å². The topological polar surface area (TPSA) is 39.4 Å². The van der Waals surface area contributed by atoms with Crippen LogP contribution in [0.5, 0.6) is 5.75 Å². The van der Waals surface area contributed by atoms with Crippen LogP contribution in [0.15, 0.2) is 27.4 Å². The second kappa shape index (κ2) is 4.56. The molecule has 0 aliphatic rings. The number of alkyl halides is 1. The molecule has 1 aromatic carbocycles. The Morgan fingerprint density at radius 1 is 1.50 bits per heavy atom. The van der Waals surface area contributed by atoms with Gasteiger partial charge in [0.05, 0.1) is 12.4 Å². The van der Waals surface area contributed by atoms with Gasteiger partial charge in [0.15, 0.2) is 0 Å². The molecule has 0 saturated heterocycles. The van der Waals surface area contributed by atoms with E-state index in [9.17, 15) is 4.79 Å². The van der Waals surface area contributed by atoms with Crippen molar-refractivity contribution >= 4 is 41.4 Å². The van der Waals surface area contributed by atoms with Crippen LogP contribution in [-0.2, 0) is 5.33 Å². The van der Waals surface area contributed by atoms with Crippen molar-refractivity contribution in [3.8, 4) is 5.75 Å². The fraction of sp³-hybridized carbons (Fsp3) is 0.182. The van der Waals surface area contributed by atoms with Crippen LogP contribution in [0.1, 0.15) is 5.56 Å². The molecular weight excluding hydrogens is 291 g/mol. The largest absolute Gasteiger partial charge is 0.497 e. The standard InChI is InChI=1S/C11H10BrO3P/c1-14-6-2-3-7-8(5-12)10(16)11(13)15-9(7)4-6/h2-4H,5,16H2,1H3. The van der Waals surface area contributed by atoms with Gasteiger partial charge >= 0.3 is 5.63 Å². The van der Waals surface area contributed by atoms with Crippen molar-refractivity contribution in [2.75, 3.05) is 7.11 Å². The van der Waals surface area contributed by atoms with Gasteiger partial charge in [0, 0.05) is 16.8 Å². The van der Waals surface area contributed by atoms with E-state index >= 15 is 0 Å². The molecule has 0 saturated carbocycles. The zero-order chi connectivity index (χ0) is 11.7. The van der Waals surface area contributed by atoms with E-state index in [0.717, 1.165) is 10.9 Å². The maximum absolute atomic E-state index is 11.6. The number of benzene rings is 1. The Balaban J connectivity index is 2.85. The zero-order valence-electron chi connectivity index (χ0n) is 8.62. The average Bonchev–Trinajstić information content (AvgIpc) is 2.30. The number of hydrogen-bond donors (Lipinski definition) is 0. The molecule has 1 atom stereocenters. The quantitative estimate of drug-likeness (QED) is 0.485. The first-order chi connectivity index (χ1) is 7.67. The molecule has 1 heterocycles. The van der Waals surface area contributed by atoms with Gasteiger partial charge in [-0.05, 0) is 17.7 Å². The fourth-order valence-electron chi connectivity index (χ4n) is 1.53. The predicted molar refractivity (Wildman–Crippen MR) is 71.0 cm³/mol. The van der Waals surface area contributed by atoms with Crippen molar-refractivity contribution in [2.24, 2.45) is 0 Å². The minimum Gasteiger partial charge on any atom is -0.497 e. The minimum atomic E-state index is -0.333. The van der Waals surface area contributed by atoms with E-state index in [0.29, 0.717) is 22.0 Å². The second-order valence-corrected chi connectivity index (χ2v) is 4.42. The number of rotatable bonds is 2. The highest BCUT2D eigenvalue weighted by atomic mass is 79.9. The fourth-order valence-corrected chi connectivity index (χ4v) is 2.75. The van der Waals surface area contributed by atoms with Gasteiger partial charge in [0.1, 0.15) is 11.3 Å². The Morgan fingerprint density at radius 3 is 2.88 bits per heavy atom. The Morgan fingerprint density at radius 2 is 2.25 bits per heavy atom. The van der Waals surface area contributed by atoms with Crippen LogP contribution < -0.4 is 15.7 Å². The molecule has 1 unspecified atom stereocenters. The summed E-state index contributed by atoms with van der Waals surface area (Å²) in [5, 5.41) is 2.09. The van der Waals surface area contributed by atoms with E-state index in [-0.39, 0.29) is 5.63 Å². The summed E-state index contributed by atoms with van der Waals surface area (Å²) < 4.78 is 10.3. The molecule has 0 bridgehead atoms. The third-order valence-corrected chi connectivity index (χ3v) is 3.54. The SMILES string of the molecule is COc1ccc2c(CBr)c(P)c(=O)oc2c1. The predicted octanol–water partition coefficient (Wildman–Crippen LogP) is 2.20. The summed E-state index contributed by atoms with van der Waals surface area (Å²) in [5.41, 5.74) is 1.14. The number of hydrogen-bond acceptors (Lipinski definition) is 3. The van der Waals surface area contributed by atoms with Crippen molar-refractivity contribution in [1.82, 2.24) is 0 Å². The van der Waals surface area contributed by atoms with E-state index in [4.69, 9.17) is 9.15 Å². The summed E-state index contributed by atoms with van der Waals surface area (Å²) in [6, 6.07) is 5.45. The smallest absolute Gasteiger partial charge is 0.343 e. The maximum Gasteiger partial charge on any atom is 0.343 e.